The van der Waals surface area contributed by atoms with Gasteiger partial charge in [0, 0.05) is 18.2 Å². The van der Waals surface area contributed by atoms with Crippen molar-refractivity contribution in [2.45, 2.75) is 63.3 Å². The number of aliphatic hydroxyl groups is 1. The van der Waals surface area contributed by atoms with Gasteiger partial charge in [0.05, 0.1) is 0 Å². The van der Waals surface area contributed by atoms with Crippen LogP contribution in [-0.2, 0) is 5.60 Å². The van der Waals surface area contributed by atoms with E-state index in [1.54, 1.807) is 17.0 Å². The van der Waals surface area contributed by atoms with Gasteiger partial charge in [-0.1, -0.05) is 24.3 Å². The largest absolute Gasteiger partial charge is 0.421 e. The van der Waals surface area contributed by atoms with Crippen molar-refractivity contribution >= 4 is 5.91 Å². The van der Waals surface area contributed by atoms with Crippen molar-refractivity contribution in [2.24, 2.45) is 0 Å². The number of halogens is 4. The molecule has 31 heavy (non-hydrogen) atoms. The van der Waals surface area contributed by atoms with Crippen LogP contribution < -0.4 is 0 Å². The maximum atomic E-state index is 13.2. The monoisotopic (exact) mass is 437 g/mol. The minimum atomic E-state index is -4.81. The lowest BCUT2D eigenvalue weighted by Crippen LogP contribution is -2.42. The van der Waals surface area contributed by atoms with Crippen LogP contribution in [0.5, 0.6) is 0 Å². The molecule has 1 amide bonds. The topological polar surface area (TPSA) is 40.5 Å². The molecule has 0 spiro atoms. The Bertz CT molecular complexity index is 883. The first kappa shape index (κ1) is 23.3. The Labute approximate surface area is 179 Å². The zero-order valence-electron chi connectivity index (χ0n) is 17.6. The van der Waals surface area contributed by atoms with E-state index in [4.69, 9.17) is 0 Å². The zero-order chi connectivity index (χ0) is 22.8. The second kappa shape index (κ2) is 8.99. The van der Waals surface area contributed by atoms with Crippen molar-refractivity contribution in [3.05, 3.63) is 71.0 Å². The molecule has 0 radical (unpaired) electrons. The molecule has 168 valence electrons. The summed E-state index contributed by atoms with van der Waals surface area (Å²) in [6.45, 7) is 3.07. The molecule has 1 saturated carbocycles. The molecular weight excluding hydrogens is 410 g/mol. The second-order valence-corrected chi connectivity index (χ2v) is 8.30. The van der Waals surface area contributed by atoms with Crippen LogP contribution in [0.1, 0.15) is 66.9 Å². The summed E-state index contributed by atoms with van der Waals surface area (Å²) < 4.78 is 52.3. The highest BCUT2D eigenvalue weighted by Gasteiger charge is 2.51. The Morgan fingerprint density at radius 3 is 2.03 bits per heavy atom. The molecule has 1 N–H and O–H groups in total. The summed E-state index contributed by atoms with van der Waals surface area (Å²) in [5, 5.41) is 9.80. The number of rotatable bonds is 5. The molecule has 7 heteroatoms. The summed E-state index contributed by atoms with van der Waals surface area (Å²) in [5.74, 6) is -0.163. The first-order chi connectivity index (χ1) is 14.5. The minimum Gasteiger partial charge on any atom is -0.376 e. The molecule has 1 fully saturated rings. The summed E-state index contributed by atoms with van der Waals surface area (Å²) in [6, 6.07) is 11.6. The van der Waals surface area contributed by atoms with Crippen LogP contribution in [0.2, 0.25) is 0 Å². The highest BCUT2D eigenvalue weighted by Crippen LogP contribution is 2.39. The number of hydrogen-bond acceptors (Lipinski definition) is 2. The first-order valence-electron chi connectivity index (χ1n) is 10.5. The molecule has 3 nitrogen and oxygen atoms in total. The van der Waals surface area contributed by atoms with Crippen molar-refractivity contribution in [2.75, 3.05) is 6.54 Å². The highest BCUT2D eigenvalue weighted by molar-refractivity contribution is 5.94. The van der Waals surface area contributed by atoms with Gasteiger partial charge in [0.2, 0.25) is 0 Å². The maximum Gasteiger partial charge on any atom is 0.421 e. The summed E-state index contributed by atoms with van der Waals surface area (Å²) in [6.07, 6.45) is -1.43. The molecule has 0 heterocycles. The van der Waals surface area contributed by atoms with E-state index in [0.717, 1.165) is 43.4 Å². The van der Waals surface area contributed by atoms with Gasteiger partial charge >= 0.3 is 6.18 Å². The minimum absolute atomic E-state index is 0.0483. The normalized spacial score (nSPS) is 21.4. The van der Waals surface area contributed by atoms with Gasteiger partial charge in [0.15, 0.2) is 5.60 Å². The number of carbonyl (C=O) groups is 1. The quantitative estimate of drug-likeness (QED) is 0.602. The van der Waals surface area contributed by atoms with Crippen LogP contribution in [0.4, 0.5) is 17.6 Å². The Morgan fingerprint density at radius 1 is 1.00 bits per heavy atom. The number of hydrogen-bond donors (Lipinski definition) is 1. The summed E-state index contributed by atoms with van der Waals surface area (Å²) in [7, 11) is 0. The molecule has 2 aromatic carbocycles. The summed E-state index contributed by atoms with van der Waals surface area (Å²) in [4.78, 5) is 14.8. The van der Waals surface area contributed by atoms with Crippen LogP contribution in [-0.4, -0.2) is 34.7 Å². The Morgan fingerprint density at radius 2 is 1.55 bits per heavy atom. The molecular formula is C24H27F4NO2. The SMILES string of the molecule is CCN(C(=O)c1ccc([C@](C)(O)C(F)(F)F)cc1)[C@H]1CC[C@H](c2ccc(F)cc2)CC1. The molecule has 3 rings (SSSR count). The second-order valence-electron chi connectivity index (χ2n) is 8.30. The van der Waals surface area contributed by atoms with E-state index in [0.29, 0.717) is 24.9 Å². The van der Waals surface area contributed by atoms with E-state index in [1.165, 1.54) is 24.3 Å². The van der Waals surface area contributed by atoms with E-state index < -0.39 is 11.8 Å². The molecule has 1 aliphatic rings. The van der Waals surface area contributed by atoms with Crippen molar-refractivity contribution in [3.8, 4) is 0 Å². The van der Waals surface area contributed by atoms with E-state index in [9.17, 15) is 27.5 Å². The first-order valence-corrected chi connectivity index (χ1v) is 10.5. The van der Waals surface area contributed by atoms with Crippen molar-refractivity contribution in [1.82, 2.24) is 4.90 Å². The standard InChI is InChI=1S/C24H27F4NO2/c1-3-29(21-14-8-17(9-15-21)16-6-12-20(25)13-7-16)22(30)18-4-10-19(11-5-18)23(2,31)24(26,27)28/h4-7,10-13,17,21,31H,3,8-9,14-15H2,1-2H3/t17-,21-,23-/m0/s1. The van der Waals surface area contributed by atoms with Gasteiger partial charge in [-0.2, -0.15) is 13.2 Å². The Hall–Kier alpha value is -2.41. The van der Waals surface area contributed by atoms with Crippen molar-refractivity contribution in [1.29, 1.82) is 0 Å². The molecule has 0 aliphatic heterocycles. The maximum absolute atomic E-state index is 13.2. The Balaban J connectivity index is 1.67. The van der Waals surface area contributed by atoms with Crippen molar-refractivity contribution in [3.63, 3.8) is 0 Å². The van der Waals surface area contributed by atoms with Gasteiger partial charge in [-0.25, -0.2) is 4.39 Å². The molecule has 0 unspecified atom stereocenters. The van der Waals surface area contributed by atoms with Crippen LogP contribution in [0.25, 0.3) is 0 Å². The average molecular weight is 437 g/mol. The highest BCUT2D eigenvalue weighted by atomic mass is 19.4. The predicted octanol–water partition coefficient (Wildman–Crippen LogP) is 5.78. The third kappa shape index (κ3) is 4.92. The van der Waals surface area contributed by atoms with Gasteiger partial charge in [-0.15, -0.1) is 0 Å². The lowest BCUT2D eigenvalue weighted by Gasteiger charge is -2.36. The van der Waals surface area contributed by atoms with E-state index in [1.807, 2.05) is 6.92 Å². The van der Waals surface area contributed by atoms with Crippen LogP contribution in [0, 0.1) is 5.82 Å². The van der Waals surface area contributed by atoms with Crippen LogP contribution in [0.15, 0.2) is 48.5 Å². The van der Waals surface area contributed by atoms with Gasteiger partial charge in [0.1, 0.15) is 5.82 Å². The smallest absolute Gasteiger partial charge is 0.376 e. The number of nitrogens with zero attached hydrogens (tertiary/aromatic N) is 1. The molecule has 2 aromatic rings. The third-order valence-corrected chi connectivity index (χ3v) is 6.33. The van der Waals surface area contributed by atoms with Crippen LogP contribution in [0.3, 0.4) is 0 Å². The summed E-state index contributed by atoms with van der Waals surface area (Å²) in [5.41, 5.74) is -1.89. The summed E-state index contributed by atoms with van der Waals surface area (Å²) >= 11 is 0. The molecule has 1 atom stereocenters. The fourth-order valence-electron chi connectivity index (χ4n) is 4.29. The molecule has 0 bridgehead atoms. The number of carbonyl (C=O) groups excluding carboxylic acids is 1. The van der Waals surface area contributed by atoms with E-state index >= 15 is 0 Å². The van der Waals surface area contributed by atoms with Crippen molar-refractivity contribution < 1.29 is 27.5 Å². The van der Waals surface area contributed by atoms with Gasteiger partial charge < -0.3 is 10.0 Å². The van der Waals surface area contributed by atoms with E-state index in [-0.39, 0.29) is 23.3 Å². The predicted molar refractivity (Wildman–Crippen MR) is 110 cm³/mol. The van der Waals surface area contributed by atoms with Gasteiger partial charge in [-0.3, -0.25) is 4.79 Å². The van der Waals surface area contributed by atoms with E-state index in [2.05, 4.69) is 0 Å². The third-order valence-electron chi connectivity index (χ3n) is 6.33. The molecule has 1 aliphatic carbocycles. The fraction of sp³-hybridized carbons (Fsp3) is 0.458. The number of amides is 1. The Kier molecular flexibility index (Phi) is 6.74. The zero-order valence-corrected chi connectivity index (χ0v) is 17.6. The number of alkyl halides is 3. The molecule has 0 saturated heterocycles. The fourth-order valence-corrected chi connectivity index (χ4v) is 4.29. The lowest BCUT2D eigenvalue weighted by atomic mass is 9.81. The lowest BCUT2D eigenvalue weighted by molar-refractivity contribution is -0.258. The van der Waals surface area contributed by atoms with Gasteiger partial charge in [-0.05, 0) is 80.8 Å². The van der Waals surface area contributed by atoms with Crippen LogP contribution >= 0.6 is 0 Å². The number of benzene rings is 2. The van der Waals surface area contributed by atoms with Gasteiger partial charge in [0.25, 0.3) is 5.91 Å². The molecule has 0 aromatic heterocycles. The average Bonchev–Trinajstić information content (AvgIpc) is 2.74.